The molecule has 0 unspecified atom stereocenters. The van der Waals surface area contributed by atoms with Crippen LogP contribution in [-0.2, 0) is 14.3 Å². The molecule has 1 fully saturated rings. The Hall–Kier alpha value is -1.36. The van der Waals surface area contributed by atoms with Crippen LogP contribution in [0, 0.1) is 0 Å². The van der Waals surface area contributed by atoms with Crippen molar-refractivity contribution >= 4 is 11.9 Å². The molecule has 0 aromatic rings. The Morgan fingerprint density at radius 2 is 1.91 bits per heavy atom. The van der Waals surface area contributed by atoms with Gasteiger partial charge < -0.3 is 15.2 Å². The average molecular weight is 325 g/mol. The summed E-state index contributed by atoms with van der Waals surface area (Å²) in [7, 11) is 1.36. The van der Waals surface area contributed by atoms with E-state index in [1.807, 2.05) is 0 Å². The smallest absolute Gasteiger partial charge is 0.307 e. The van der Waals surface area contributed by atoms with Crippen LogP contribution in [0.3, 0.4) is 0 Å². The molecule has 2 N–H and O–H groups in total. The topological polar surface area (TPSA) is 75.6 Å². The van der Waals surface area contributed by atoms with Crippen LogP contribution in [0.1, 0.15) is 71.1 Å². The van der Waals surface area contributed by atoms with Crippen LogP contribution >= 0.6 is 0 Å². The maximum absolute atomic E-state index is 12.2. The van der Waals surface area contributed by atoms with Crippen molar-refractivity contribution in [3.05, 3.63) is 12.7 Å². The number of amides is 1. The first kappa shape index (κ1) is 19.7. The third kappa shape index (κ3) is 6.34. The second kappa shape index (κ2) is 9.06. The summed E-state index contributed by atoms with van der Waals surface area (Å²) in [6.45, 7) is 5.78. The lowest BCUT2D eigenvalue weighted by Crippen LogP contribution is -2.55. The molecule has 0 atom stereocenters. The lowest BCUT2D eigenvalue weighted by Gasteiger charge is -2.44. The van der Waals surface area contributed by atoms with Gasteiger partial charge in [0, 0.05) is 6.42 Å². The summed E-state index contributed by atoms with van der Waals surface area (Å²) in [5.74, 6) is -0.343. The van der Waals surface area contributed by atoms with Gasteiger partial charge in [0.05, 0.1) is 24.7 Å². The minimum atomic E-state index is -0.770. The van der Waals surface area contributed by atoms with Gasteiger partial charge in [-0.05, 0) is 38.5 Å². The predicted molar refractivity (Wildman–Crippen MR) is 89.9 cm³/mol. The largest absolute Gasteiger partial charge is 0.469 e. The Morgan fingerprint density at radius 1 is 1.26 bits per heavy atom. The van der Waals surface area contributed by atoms with Crippen molar-refractivity contribution in [3.8, 4) is 0 Å². The average Bonchev–Trinajstić information content (AvgIpc) is 2.51. The number of methoxy groups -OCH3 is 1. The van der Waals surface area contributed by atoms with Crippen LogP contribution in [0.5, 0.6) is 0 Å². The fourth-order valence-electron chi connectivity index (χ4n) is 3.25. The summed E-state index contributed by atoms with van der Waals surface area (Å²) < 4.78 is 4.79. The van der Waals surface area contributed by atoms with E-state index < -0.39 is 11.1 Å². The van der Waals surface area contributed by atoms with E-state index in [1.165, 1.54) is 7.11 Å². The number of aliphatic hydroxyl groups is 1. The van der Waals surface area contributed by atoms with Crippen LogP contribution in [0.25, 0.3) is 0 Å². The molecular formula is C18H31NO4. The first-order chi connectivity index (χ1) is 10.9. The zero-order valence-electron chi connectivity index (χ0n) is 14.5. The molecule has 0 heterocycles. The molecular weight excluding hydrogens is 294 g/mol. The van der Waals surface area contributed by atoms with Crippen LogP contribution in [0.4, 0.5) is 0 Å². The van der Waals surface area contributed by atoms with Crippen LogP contribution < -0.4 is 5.32 Å². The highest BCUT2D eigenvalue weighted by Crippen LogP contribution is 2.39. The standard InChI is InChI=1S/C18H31NO4/c1-4-6-7-8-15(20)19-17(14-16(21)23-3)10-12-18(22,9-5-2)13-11-17/h5,22H,2,4,6-14H2,1,3H3,(H,19,20). The third-order valence-electron chi connectivity index (χ3n) is 4.78. The Morgan fingerprint density at radius 3 is 2.43 bits per heavy atom. The van der Waals surface area contributed by atoms with E-state index in [0.717, 1.165) is 19.3 Å². The van der Waals surface area contributed by atoms with Gasteiger partial charge in [0.25, 0.3) is 0 Å². The van der Waals surface area contributed by atoms with Gasteiger partial charge in [0.2, 0.25) is 5.91 Å². The number of ether oxygens (including phenoxy) is 1. The summed E-state index contributed by atoms with van der Waals surface area (Å²) in [4.78, 5) is 24.0. The normalized spacial score (nSPS) is 27.3. The molecule has 1 aliphatic carbocycles. The molecule has 1 rings (SSSR count). The Kier molecular flexibility index (Phi) is 7.76. The minimum Gasteiger partial charge on any atom is -0.469 e. The Balaban J connectivity index is 2.71. The second-order valence-corrected chi connectivity index (χ2v) is 6.76. The van der Waals surface area contributed by atoms with Crippen molar-refractivity contribution in [2.75, 3.05) is 7.11 Å². The summed E-state index contributed by atoms with van der Waals surface area (Å²) in [5, 5.41) is 13.6. The first-order valence-electron chi connectivity index (χ1n) is 8.60. The van der Waals surface area contributed by atoms with E-state index in [9.17, 15) is 14.7 Å². The van der Waals surface area contributed by atoms with Gasteiger partial charge in [0.1, 0.15) is 0 Å². The number of carbonyl (C=O) groups is 2. The fourth-order valence-corrected chi connectivity index (χ4v) is 3.25. The molecule has 0 spiro atoms. The van der Waals surface area contributed by atoms with Crippen LogP contribution in [0.15, 0.2) is 12.7 Å². The first-order valence-corrected chi connectivity index (χ1v) is 8.60. The molecule has 0 bridgehead atoms. The van der Waals surface area contributed by atoms with E-state index >= 15 is 0 Å². The molecule has 5 heteroatoms. The van der Waals surface area contributed by atoms with Gasteiger partial charge >= 0.3 is 5.97 Å². The molecule has 0 radical (unpaired) electrons. The molecule has 132 valence electrons. The Labute approximate surface area is 139 Å². The number of rotatable bonds is 9. The molecule has 5 nitrogen and oxygen atoms in total. The van der Waals surface area contributed by atoms with Crippen molar-refractivity contribution in [2.45, 2.75) is 82.3 Å². The van der Waals surface area contributed by atoms with E-state index in [-0.39, 0.29) is 18.3 Å². The van der Waals surface area contributed by atoms with Crippen molar-refractivity contribution in [3.63, 3.8) is 0 Å². The van der Waals surface area contributed by atoms with Crippen LogP contribution in [0.2, 0.25) is 0 Å². The highest BCUT2D eigenvalue weighted by molar-refractivity contribution is 5.78. The molecule has 0 aliphatic heterocycles. The number of carbonyl (C=O) groups excluding carboxylic acids is 2. The second-order valence-electron chi connectivity index (χ2n) is 6.76. The van der Waals surface area contributed by atoms with Crippen LogP contribution in [-0.4, -0.2) is 35.2 Å². The van der Waals surface area contributed by atoms with Gasteiger partial charge in [-0.3, -0.25) is 9.59 Å². The number of unbranched alkanes of at least 4 members (excludes halogenated alkanes) is 2. The van der Waals surface area contributed by atoms with Crippen molar-refractivity contribution in [1.29, 1.82) is 0 Å². The summed E-state index contributed by atoms with van der Waals surface area (Å²) in [6, 6.07) is 0. The zero-order valence-corrected chi connectivity index (χ0v) is 14.5. The Bertz CT molecular complexity index is 411. The van der Waals surface area contributed by atoms with Crippen molar-refractivity contribution < 1.29 is 19.4 Å². The molecule has 1 saturated carbocycles. The minimum absolute atomic E-state index is 0.0171. The number of nitrogens with one attached hydrogen (secondary N) is 1. The monoisotopic (exact) mass is 325 g/mol. The van der Waals surface area contributed by atoms with Gasteiger partial charge in [-0.25, -0.2) is 0 Å². The maximum atomic E-state index is 12.2. The molecule has 1 aliphatic rings. The maximum Gasteiger partial charge on any atom is 0.307 e. The van der Waals surface area contributed by atoms with Gasteiger partial charge in [-0.2, -0.15) is 0 Å². The summed E-state index contributed by atoms with van der Waals surface area (Å²) >= 11 is 0. The zero-order chi connectivity index (χ0) is 17.3. The number of hydrogen-bond acceptors (Lipinski definition) is 4. The quantitative estimate of drug-likeness (QED) is 0.388. The van der Waals surface area contributed by atoms with E-state index in [2.05, 4.69) is 18.8 Å². The SMILES string of the molecule is C=CCC1(O)CCC(CC(=O)OC)(NC(=O)CCCCC)CC1. The lowest BCUT2D eigenvalue weighted by molar-refractivity contribution is -0.144. The molecule has 0 aromatic carbocycles. The highest BCUT2D eigenvalue weighted by atomic mass is 16.5. The van der Waals surface area contributed by atoms with E-state index in [0.29, 0.717) is 38.5 Å². The number of esters is 1. The third-order valence-corrected chi connectivity index (χ3v) is 4.78. The summed E-state index contributed by atoms with van der Waals surface area (Å²) in [6.07, 6.45) is 8.08. The molecule has 1 amide bonds. The molecule has 0 aromatic heterocycles. The predicted octanol–water partition coefficient (Wildman–Crippen LogP) is 2.87. The van der Waals surface area contributed by atoms with E-state index in [4.69, 9.17) is 4.74 Å². The highest BCUT2D eigenvalue weighted by Gasteiger charge is 2.43. The fraction of sp³-hybridized carbons (Fsp3) is 0.778. The molecule has 0 saturated heterocycles. The van der Waals surface area contributed by atoms with E-state index in [1.54, 1.807) is 6.08 Å². The van der Waals surface area contributed by atoms with Gasteiger partial charge in [-0.15, -0.1) is 6.58 Å². The van der Waals surface area contributed by atoms with Crippen molar-refractivity contribution in [1.82, 2.24) is 5.32 Å². The number of hydrogen-bond donors (Lipinski definition) is 2. The van der Waals surface area contributed by atoms with Crippen molar-refractivity contribution in [2.24, 2.45) is 0 Å². The summed E-state index contributed by atoms with van der Waals surface area (Å²) in [5.41, 5.74) is -1.36. The lowest BCUT2D eigenvalue weighted by atomic mass is 9.71. The van der Waals surface area contributed by atoms with Gasteiger partial charge in [-0.1, -0.05) is 25.8 Å². The molecule has 23 heavy (non-hydrogen) atoms. The van der Waals surface area contributed by atoms with Gasteiger partial charge in [0.15, 0.2) is 0 Å².